The fraction of sp³-hybridized carbons (Fsp3) is 0.0952. The average molecular weight is 366 g/mol. The Morgan fingerprint density at radius 1 is 0.769 bits per heavy atom. The molecule has 3 rings (SSSR count). The first-order chi connectivity index (χ1) is 12.6. The molecule has 0 aromatic heterocycles. The van der Waals surface area contributed by atoms with E-state index in [1.54, 1.807) is 26.4 Å². The smallest absolute Gasteiger partial charge is 0.336 e. The molecule has 0 atom stereocenters. The van der Waals surface area contributed by atoms with Gasteiger partial charge in [-0.15, -0.1) is 0 Å². The van der Waals surface area contributed by atoms with Crippen molar-refractivity contribution in [2.75, 3.05) is 14.2 Å². The van der Waals surface area contributed by atoms with Crippen molar-refractivity contribution in [2.24, 2.45) is 0 Å². The zero-order valence-corrected chi connectivity index (χ0v) is 15.4. The maximum atomic E-state index is 11.8. The van der Waals surface area contributed by atoms with E-state index in [1.165, 1.54) is 0 Å². The quantitative estimate of drug-likeness (QED) is 0.681. The molecule has 26 heavy (non-hydrogen) atoms. The number of ether oxygens (including phenoxy) is 2. The Labute approximate surface area is 153 Å². The number of rotatable bonds is 6. The third-order valence-electron chi connectivity index (χ3n) is 4.04. The second kappa shape index (κ2) is 8.03. The zero-order valence-electron chi connectivity index (χ0n) is 14.5. The number of hydrogen-bond acceptors (Lipinski definition) is 3. The highest BCUT2D eigenvalue weighted by molar-refractivity contribution is 7.80. The Hall–Kier alpha value is -2.84. The van der Waals surface area contributed by atoms with Gasteiger partial charge in [0, 0.05) is 0 Å². The highest BCUT2D eigenvalue weighted by atomic mass is 31.1. The highest BCUT2D eigenvalue weighted by Gasteiger charge is 2.22. The molecule has 0 unspecified atom stereocenters. The lowest BCUT2D eigenvalue weighted by Gasteiger charge is -2.21. The van der Waals surface area contributed by atoms with Crippen molar-refractivity contribution in [3.05, 3.63) is 78.4 Å². The summed E-state index contributed by atoms with van der Waals surface area (Å²) in [5.74, 6) is 0.616. The van der Waals surface area contributed by atoms with Gasteiger partial charge in [0.05, 0.1) is 19.8 Å². The van der Waals surface area contributed by atoms with Gasteiger partial charge < -0.3 is 14.6 Å². The van der Waals surface area contributed by atoms with Gasteiger partial charge in [-0.05, 0) is 54.2 Å². The van der Waals surface area contributed by atoms with Crippen LogP contribution in [-0.2, 0) is 0 Å². The van der Waals surface area contributed by atoms with E-state index in [4.69, 9.17) is 9.47 Å². The van der Waals surface area contributed by atoms with Crippen LogP contribution >= 0.6 is 7.92 Å². The van der Waals surface area contributed by atoms with Gasteiger partial charge in [-0.1, -0.05) is 42.5 Å². The summed E-state index contributed by atoms with van der Waals surface area (Å²) >= 11 is 0. The van der Waals surface area contributed by atoms with E-state index >= 15 is 0 Å². The maximum Gasteiger partial charge on any atom is 0.336 e. The van der Waals surface area contributed by atoms with Gasteiger partial charge in [-0.2, -0.15) is 0 Å². The van der Waals surface area contributed by atoms with Gasteiger partial charge in [-0.25, -0.2) is 4.79 Å². The Bertz CT molecular complexity index is 841. The van der Waals surface area contributed by atoms with E-state index < -0.39 is 13.9 Å². The minimum Gasteiger partial charge on any atom is -0.497 e. The van der Waals surface area contributed by atoms with Crippen LogP contribution in [0.15, 0.2) is 72.8 Å². The first-order valence-corrected chi connectivity index (χ1v) is 9.39. The highest BCUT2D eigenvalue weighted by Crippen LogP contribution is 2.35. The molecule has 0 spiro atoms. The lowest BCUT2D eigenvalue weighted by Crippen LogP contribution is -2.25. The van der Waals surface area contributed by atoms with E-state index in [1.807, 2.05) is 60.7 Å². The van der Waals surface area contributed by atoms with Crippen molar-refractivity contribution in [2.45, 2.75) is 0 Å². The molecule has 3 aromatic carbocycles. The molecule has 0 amide bonds. The molecule has 0 fully saturated rings. The van der Waals surface area contributed by atoms with E-state index in [0.717, 1.165) is 27.4 Å². The SMILES string of the molecule is COc1ccc(P(c2ccc(OC)cc2)c2ccccc2C(=O)O)cc1. The van der Waals surface area contributed by atoms with Crippen molar-refractivity contribution >= 4 is 29.8 Å². The molecule has 0 radical (unpaired) electrons. The molecule has 1 N–H and O–H groups in total. The Morgan fingerprint density at radius 2 is 1.23 bits per heavy atom. The Kier molecular flexibility index (Phi) is 5.55. The van der Waals surface area contributed by atoms with Crippen molar-refractivity contribution in [1.82, 2.24) is 0 Å². The van der Waals surface area contributed by atoms with Crippen LogP contribution in [0.3, 0.4) is 0 Å². The summed E-state index contributed by atoms with van der Waals surface area (Å²) in [6, 6.07) is 22.8. The minimum atomic E-state index is -1.03. The maximum absolute atomic E-state index is 11.8. The van der Waals surface area contributed by atoms with Crippen LogP contribution in [0.4, 0.5) is 0 Å². The van der Waals surface area contributed by atoms with Crippen molar-refractivity contribution in [3.8, 4) is 11.5 Å². The summed E-state index contributed by atoms with van der Waals surface area (Å²) in [5, 5.41) is 12.6. The van der Waals surface area contributed by atoms with Crippen LogP contribution in [0, 0.1) is 0 Å². The number of carbonyl (C=O) groups is 1. The molecule has 0 saturated carbocycles. The third kappa shape index (κ3) is 3.71. The molecule has 0 aliphatic rings. The van der Waals surface area contributed by atoms with Gasteiger partial charge in [0.1, 0.15) is 11.5 Å². The van der Waals surface area contributed by atoms with E-state index in [-0.39, 0.29) is 0 Å². The average Bonchev–Trinajstić information content (AvgIpc) is 2.69. The van der Waals surface area contributed by atoms with Crippen LogP contribution < -0.4 is 25.4 Å². The Balaban J connectivity index is 2.16. The summed E-state index contributed by atoms with van der Waals surface area (Å²) in [7, 11) is 2.23. The van der Waals surface area contributed by atoms with Crippen LogP contribution in [0.25, 0.3) is 0 Å². The van der Waals surface area contributed by atoms with Crippen LogP contribution in [0.5, 0.6) is 11.5 Å². The van der Waals surface area contributed by atoms with Gasteiger partial charge in [-0.3, -0.25) is 0 Å². The van der Waals surface area contributed by atoms with Crippen molar-refractivity contribution in [1.29, 1.82) is 0 Å². The molecular weight excluding hydrogens is 347 g/mol. The molecule has 0 aliphatic heterocycles. The summed E-state index contributed by atoms with van der Waals surface area (Å²) in [4.78, 5) is 11.8. The molecule has 5 heteroatoms. The molecule has 0 aliphatic carbocycles. The molecule has 132 valence electrons. The van der Waals surface area contributed by atoms with Crippen molar-refractivity contribution in [3.63, 3.8) is 0 Å². The fourth-order valence-corrected chi connectivity index (χ4v) is 5.13. The largest absolute Gasteiger partial charge is 0.497 e. The number of hydrogen-bond donors (Lipinski definition) is 1. The Morgan fingerprint density at radius 3 is 1.65 bits per heavy atom. The minimum absolute atomic E-state index is 0.324. The summed E-state index contributed by atoms with van der Waals surface area (Å²) < 4.78 is 10.5. The second-order valence-electron chi connectivity index (χ2n) is 5.55. The molecule has 0 heterocycles. The van der Waals surface area contributed by atoms with E-state index in [2.05, 4.69) is 0 Å². The number of carboxylic acid groups (broad SMARTS) is 1. The van der Waals surface area contributed by atoms with E-state index in [0.29, 0.717) is 5.56 Å². The lowest BCUT2D eigenvalue weighted by molar-refractivity contribution is 0.0698. The molecule has 0 bridgehead atoms. The molecular formula is C21H19O4P. The topological polar surface area (TPSA) is 55.8 Å². The molecule has 0 saturated heterocycles. The molecule has 4 nitrogen and oxygen atoms in total. The van der Waals surface area contributed by atoms with Gasteiger partial charge in [0.25, 0.3) is 0 Å². The standard InChI is InChI=1S/C21H19O4P/c1-24-15-7-11-17(12-8-15)26(18-13-9-16(25-2)10-14-18)20-6-4-3-5-19(20)21(22)23/h3-14H,1-2H3,(H,22,23). The van der Waals surface area contributed by atoms with Crippen LogP contribution in [-0.4, -0.2) is 25.3 Å². The van der Waals surface area contributed by atoms with Crippen molar-refractivity contribution < 1.29 is 19.4 Å². The number of benzene rings is 3. The van der Waals surface area contributed by atoms with Gasteiger partial charge >= 0.3 is 5.97 Å². The second-order valence-corrected chi connectivity index (χ2v) is 7.74. The van der Waals surface area contributed by atoms with Gasteiger partial charge in [0.2, 0.25) is 0 Å². The summed E-state index contributed by atoms with van der Waals surface area (Å²) in [6.45, 7) is 0. The van der Waals surface area contributed by atoms with Gasteiger partial charge in [0.15, 0.2) is 0 Å². The number of carboxylic acids is 1. The predicted molar refractivity (Wildman–Crippen MR) is 105 cm³/mol. The van der Waals surface area contributed by atoms with Crippen LogP contribution in [0.1, 0.15) is 10.4 Å². The summed E-state index contributed by atoms with van der Waals surface area (Å²) in [6.07, 6.45) is 0. The molecule has 3 aromatic rings. The summed E-state index contributed by atoms with van der Waals surface area (Å²) in [5.41, 5.74) is 0.324. The number of aromatic carboxylic acids is 1. The zero-order chi connectivity index (χ0) is 18.5. The third-order valence-corrected chi connectivity index (χ3v) is 6.54. The monoisotopic (exact) mass is 366 g/mol. The predicted octanol–water partition coefficient (Wildman–Crippen LogP) is 3.16. The first-order valence-electron chi connectivity index (χ1n) is 8.04. The first kappa shape index (κ1) is 18.0. The van der Waals surface area contributed by atoms with Crippen LogP contribution in [0.2, 0.25) is 0 Å². The fourth-order valence-electron chi connectivity index (χ4n) is 2.74. The normalized spacial score (nSPS) is 10.6. The number of methoxy groups -OCH3 is 2. The van der Waals surface area contributed by atoms with E-state index in [9.17, 15) is 9.90 Å². The lowest BCUT2D eigenvalue weighted by atomic mass is 10.2.